The topological polar surface area (TPSA) is 43.9 Å². The molecule has 1 fully saturated rings. The minimum absolute atomic E-state index is 0.354. The second-order valence-corrected chi connectivity index (χ2v) is 8.61. The third kappa shape index (κ3) is 3.00. The van der Waals surface area contributed by atoms with Gasteiger partial charge in [0.25, 0.3) is 10.0 Å². The van der Waals surface area contributed by atoms with Gasteiger partial charge in [0.05, 0.1) is 10.6 Å². The molecule has 2 aliphatic heterocycles. The summed E-state index contributed by atoms with van der Waals surface area (Å²) in [7, 11) is -1.37. The maximum absolute atomic E-state index is 13.0. The van der Waals surface area contributed by atoms with E-state index in [1.807, 2.05) is 12.1 Å². The number of hydrogen-bond donors (Lipinski definition) is 0. The molecule has 0 radical (unpaired) electrons. The monoisotopic (exact) mass is 357 g/mol. The van der Waals surface area contributed by atoms with Crippen LogP contribution < -0.4 is 9.21 Å². The van der Waals surface area contributed by atoms with Crippen LogP contribution in [0.4, 0.5) is 11.4 Å². The van der Waals surface area contributed by atoms with Crippen LogP contribution in [0.15, 0.2) is 53.4 Å². The number of hydrogen-bond acceptors (Lipinski definition) is 4. The minimum Gasteiger partial charge on any atom is -0.369 e. The van der Waals surface area contributed by atoms with Crippen molar-refractivity contribution in [1.82, 2.24) is 4.90 Å². The van der Waals surface area contributed by atoms with Gasteiger partial charge in [0.1, 0.15) is 0 Å². The van der Waals surface area contributed by atoms with Crippen LogP contribution >= 0.6 is 0 Å². The second-order valence-electron chi connectivity index (χ2n) is 6.74. The van der Waals surface area contributed by atoms with Gasteiger partial charge in [-0.15, -0.1) is 0 Å². The number of nitrogens with zero attached hydrogens (tertiary/aromatic N) is 3. The number of piperazine rings is 1. The number of benzene rings is 2. The lowest BCUT2D eigenvalue weighted by Crippen LogP contribution is -2.44. The van der Waals surface area contributed by atoms with Crippen molar-refractivity contribution < 1.29 is 8.42 Å². The Hall–Kier alpha value is -2.05. The first kappa shape index (κ1) is 16.4. The van der Waals surface area contributed by atoms with Crippen molar-refractivity contribution in [3.8, 4) is 0 Å². The first-order valence-corrected chi connectivity index (χ1v) is 10.1. The molecule has 1 saturated heterocycles. The fourth-order valence-electron chi connectivity index (χ4n) is 3.57. The molecule has 0 aromatic heterocycles. The van der Waals surface area contributed by atoms with E-state index in [9.17, 15) is 8.42 Å². The van der Waals surface area contributed by atoms with E-state index in [2.05, 4.69) is 29.0 Å². The molecule has 6 heteroatoms. The maximum atomic E-state index is 13.0. The maximum Gasteiger partial charge on any atom is 0.264 e. The molecule has 2 heterocycles. The van der Waals surface area contributed by atoms with E-state index < -0.39 is 10.0 Å². The smallest absolute Gasteiger partial charge is 0.264 e. The molecule has 0 saturated carbocycles. The zero-order chi connectivity index (χ0) is 17.4. The van der Waals surface area contributed by atoms with Crippen LogP contribution in [-0.4, -0.2) is 53.1 Å². The molecule has 0 aliphatic carbocycles. The highest BCUT2D eigenvalue weighted by Gasteiger charge is 2.31. The molecular formula is C19H23N3O2S. The van der Waals surface area contributed by atoms with Crippen molar-refractivity contribution >= 4 is 21.4 Å². The molecule has 2 aliphatic rings. The zero-order valence-electron chi connectivity index (χ0n) is 14.4. The quantitative estimate of drug-likeness (QED) is 0.845. The zero-order valence-corrected chi connectivity index (χ0v) is 15.2. The third-order valence-corrected chi connectivity index (χ3v) is 6.95. The summed E-state index contributed by atoms with van der Waals surface area (Å²) in [6.07, 6.45) is 0.768. The Kier molecular flexibility index (Phi) is 4.17. The Bertz CT molecular complexity index is 859. The highest BCUT2D eigenvalue weighted by atomic mass is 32.2. The highest BCUT2D eigenvalue weighted by Crippen LogP contribution is 2.36. The SMILES string of the molecule is CN1CCN(c2ccc3c(c2)N(S(=O)(=O)c2ccccc2)CC3)CC1. The first-order chi connectivity index (χ1) is 12.1. The second kappa shape index (κ2) is 6.35. The summed E-state index contributed by atoms with van der Waals surface area (Å²) < 4.78 is 27.6. The summed E-state index contributed by atoms with van der Waals surface area (Å²) in [6, 6.07) is 15.0. The standard InChI is InChI=1S/C19H23N3O2S/c1-20-11-13-21(14-12-20)17-8-7-16-9-10-22(19(16)15-17)25(23,24)18-5-3-2-4-6-18/h2-8,15H,9-14H2,1H3. The molecule has 0 spiro atoms. The molecule has 0 N–H and O–H groups in total. The fraction of sp³-hybridized carbons (Fsp3) is 0.368. The summed E-state index contributed by atoms with van der Waals surface area (Å²) >= 11 is 0. The number of rotatable bonds is 3. The van der Waals surface area contributed by atoms with Crippen LogP contribution in [-0.2, 0) is 16.4 Å². The van der Waals surface area contributed by atoms with E-state index in [-0.39, 0.29) is 0 Å². The summed E-state index contributed by atoms with van der Waals surface area (Å²) in [6.45, 7) is 4.52. The number of likely N-dealkylation sites (N-methyl/N-ethyl adjacent to an activating group) is 1. The van der Waals surface area contributed by atoms with Crippen molar-refractivity contribution in [3.05, 3.63) is 54.1 Å². The molecule has 25 heavy (non-hydrogen) atoms. The number of sulfonamides is 1. The van der Waals surface area contributed by atoms with Gasteiger partial charge in [0, 0.05) is 38.4 Å². The van der Waals surface area contributed by atoms with Crippen LogP contribution in [0.1, 0.15) is 5.56 Å². The molecule has 5 nitrogen and oxygen atoms in total. The summed E-state index contributed by atoms with van der Waals surface area (Å²) in [5, 5.41) is 0. The van der Waals surface area contributed by atoms with Crippen LogP contribution in [0.5, 0.6) is 0 Å². The summed E-state index contributed by atoms with van der Waals surface area (Å²) in [4.78, 5) is 5.01. The molecule has 0 bridgehead atoms. The normalized spacial score (nSPS) is 18.4. The van der Waals surface area contributed by atoms with Gasteiger partial charge in [-0.25, -0.2) is 8.42 Å². The van der Waals surface area contributed by atoms with Crippen molar-refractivity contribution in [2.24, 2.45) is 0 Å². The molecule has 2 aromatic carbocycles. The Labute approximate surface area is 149 Å². The van der Waals surface area contributed by atoms with Gasteiger partial charge in [-0.2, -0.15) is 0 Å². The minimum atomic E-state index is -3.50. The molecule has 0 amide bonds. The van der Waals surface area contributed by atoms with Gasteiger partial charge in [-0.1, -0.05) is 24.3 Å². The van der Waals surface area contributed by atoms with Gasteiger partial charge in [-0.3, -0.25) is 4.31 Å². The Morgan fingerprint density at radius 1 is 0.880 bits per heavy atom. The van der Waals surface area contributed by atoms with E-state index in [1.165, 1.54) is 0 Å². The van der Waals surface area contributed by atoms with Gasteiger partial charge in [0.2, 0.25) is 0 Å². The Morgan fingerprint density at radius 3 is 2.32 bits per heavy atom. The lowest BCUT2D eigenvalue weighted by atomic mass is 10.1. The van der Waals surface area contributed by atoms with Crippen LogP contribution in [0.2, 0.25) is 0 Å². The van der Waals surface area contributed by atoms with Gasteiger partial charge >= 0.3 is 0 Å². The summed E-state index contributed by atoms with van der Waals surface area (Å²) in [5.74, 6) is 0. The van der Waals surface area contributed by atoms with Gasteiger partial charge in [-0.05, 0) is 43.3 Å². The van der Waals surface area contributed by atoms with E-state index in [1.54, 1.807) is 28.6 Å². The summed E-state index contributed by atoms with van der Waals surface area (Å²) in [5.41, 5.74) is 3.06. The van der Waals surface area contributed by atoms with E-state index >= 15 is 0 Å². The van der Waals surface area contributed by atoms with Crippen molar-refractivity contribution in [2.75, 3.05) is 49.0 Å². The van der Waals surface area contributed by atoms with Crippen LogP contribution in [0, 0.1) is 0 Å². The molecule has 0 unspecified atom stereocenters. The lowest BCUT2D eigenvalue weighted by Gasteiger charge is -2.34. The van der Waals surface area contributed by atoms with E-state index in [4.69, 9.17) is 0 Å². The van der Waals surface area contributed by atoms with Crippen LogP contribution in [0.25, 0.3) is 0 Å². The number of fused-ring (bicyclic) bond motifs is 1. The van der Waals surface area contributed by atoms with Crippen molar-refractivity contribution in [1.29, 1.82) is 0 Å². The third-order valence-electron chi connectivity index (χ3n) is 5.12. The lowest BCUT2D eigenvalue weighted by molar-refractivity contribution is 0.313. The largest absolute Gasteiger partial charge is 0.369 e. The molecule has 0 atom stereocenters. The predicted molar refractivity (Wildman–Crippen MR) is 101 cm³/mol. The predicted octanol–water partition coefficient (Wildman–Crippen LogP) is 2.19. The number of anilines is 2. The molecule has 4 rings (SSSR count). The average Bonchev–Trinajstić information content (AvgIpc) is 3.07. The molecule has 132 valence electrons. The van der Waals surface area contributed by atoms with Gasteiger partial charge < -0.3 is 9.80 Å². The molecule has 2 aromatic rings. The average molecular weight is 357 g/mol. The Morgan fingerprint density at radius 2 is 1.60 bits per heavy atom. The Balaban J connectivity index is 1.67. The van der Waals surface area contributed by atoms with Gasteiger partial charge in [0.15, 0.2) is 0 Å². The van der Waals surface area contributed by atoms with E-state index in [0.717, 1.165) is 49.5 Å². The van der Waals surface area contributed by atoms with Crippen LogP contribution in [0.3, 0.4) is 0 Å². The first-order valence-electron chi connectivity index (χ1n) is 8.70. The molecular weight excluding hydrogens is 334 g/mol. The van der Waals surface area contributed by atoms with Crippen molar-refractivity contribution in [3.63, 3.8) is 0 Å². The van der Waals surface area contributed by atoms with E-state index in [0.29, 0.717) is 11.4 Å². The highest BCUT2D eigenvalue weighted by molar-refractivity contribution is 7.92. The van der Waals surface area contributed by atoms with Crippen molar-refractivity contribution in [2.45, 2.75) is 11.3 Å². The fourth-order valence-corrected chi connectivity index (χ4v) is 5.09.